The Morgan fingerprint density at radius 1 is 1.38 bits per heavy atom. The molecule has 0 aromatic heterocycles. The first kappa shape index (κ1) is 17.3. The van der Waals surface area contributed by atoms with Crippen LogP contribution in [0.4, 0.5) is 0 Å². The summed E-state index contributed by atoms with van der Waals surface area (Å²) >= 11 is 5.86. The van der Waals surface area contributed by atoms with E-state index in [2.05, 4.69) is 0 Å². The molecule has 0 radical (unpaired) electrons. The molecule has 0 bridgehead atoms. The molecule has 0 saturated carbocycles. The first-order valence-corrected chi connectivity index (χ1v) is 7.17. The van der Waals surface area contributed by atoms with E-state index >= 15 is 0 Å². The van der Waals surface area contributed by atoms with Crippen LogP contribution in [0.1, 0.15) is 27.2 Å². The van der Waals surface area contributed by atoms with Gasteiger partial charge in [0.1, 0.15) is 12.3 Å². The topological polar surface area (TPSA) is 66.8 Å². The zero-order valence-corrected chi connectivity index (χ0v) is 13.1. The maximum atomic E-state index is 12.4. The Morgan fingerprint density at radius 3 is 2.57 bits per heavy atom. The molecule has 116 valence electrons. The number of ether oxygens (including phenoxy) is 1. The van der Waals surface area contributed by atoms with Crippen LogP contribution < -0.4 is 4.74 Å². The van der Waals surface area contributed by atoms with Crippen molar-refractivity contribution >= 4 is 23.5 Å². The Bertz CT molecular complexity index is 506. The zero-order chi connectivity index (χ0) is 16.0. The molecule has 0 heterocycles. The third-order valence-electron chi connectivity index (χ3n) is 3.17. The Hall–Kier alpha value is -1.75. The van der Waals surface area contributed by atoms with E-state index in [-0.39, 0.29) is 18.5 Å². The number of carbonyl (C=O) groups excluding carboxylic acids is 1. The molecule has 0 aliphatic carbocycles. The Balaban J connectivity index is 2.80. The lowest BCUT2D eigenvalue weighted by Crippen LogP contribution is -2.47. The van der Waals surface area contributed by atoms with E-state index in [4.69, 9.17) is 21.4 Å². The number of amides is 1. The molecule has 0 saturated heterocycles. The Kier molecular flexibility index (Phi) is 6.49. The van der Waals surface area contributed by atoms with Crippen molar-refractivity contribution in [1.29, 1.82) is 0 Å². The van der Waals surface area contributed by atoms with Crippen molar-refractivity contribution in [3.05, 3.63) is 29.3 Å². The van der Waals surface area contributed by atoms with Gasteiger partial charge in [-0.2, -0.15) is 0 Å². The summed E-state index contributed by atoms with van der Waals surface area (Å²) in [6.07, 6.45) is -0.111. The number of hydrogen-bond acceptors (Lipinski definition) is 3. The summed E-state index contributed by atoms with van der Waals surface area (Å²) in [4.78, 5) is 24.6. The number of halogens is 1. The van der Waals surface area contributed by atoms with E-state index in [1.165, 1.54) is 4.90 Å². The molecule has 0 aliphatic heterocycles. The zero-order valence-electron chi connectivity index (χ0n) is 12.4. The van der Waals surface area contributed by atoms with Crippen LogP contribution >= 0.6 is 11.6 Å². The van der Waals surface area contributed by atoms with Gasteiger partial charge in [-0.05, 0) is 38.5 Å². The average Bonchev–Trinajstić information content (AvgIpc) is 2.43. The third-order valence-corrected chi connectivity index (χ3v) is 3.40. The van der Waals surface area contributed by atoms with Crippen molar-refractivity contribution < 1.29 is 19.4 Å². The fourth-order valence-corrected chi connectivity index (χ4v) is 2.03. The van der Waals surface area contributed by atoms with Gasteiger partial charge in [-0.3, -0.25) is 9.59 Å². The summed E-state index contributed by atoms with van der Waals surface area (Å²) in [5.41, 5.74) is 0. The number of aliphatic carboxylic acids is 1. The summed E-state index contributed by atoms with van der Waals surface area (Å²) in [6.45, 7) is 4.97. The largest absolute Gasteiger partial charge is 0.481 e. The normalized spacial score (nSPS) is 13.3. The number of benzene rings is 1. The van der Waals surface area contributed by atoms with Crippen molar-refractivity contribution in [2.24, 2.45) is 0 Å². The van der Waals surface area contributed by atoms with Crippen molar-refractivity contribution in [3.63, 3.8) is 0 Å². The number of rotatable bonds is 7. The van der Waals surface area contributed by atoms with Gasteiger partial charge in [-0.25, -0.2) is 0 Å². The average molecular weight is 314 g/mol. The van der Waals surface area contributed by atoms with Crippen LogP contribution in [-0.4, -0.2) is 40.6 Å². The lowest BCUT2D eigenvalue weighted by molar-refractivity contribution is -0.149. The summed E-state index contributed by atoms with van der Waals surface area (Å²) in [5.74, 6) is -0.923. The van der Waals surface area contributed by atoms with Crippen LogP contribution in [0.25, 0.3) is 0 Å². The molecule has 2 unspecified atom stereocenters. The molecule has 5 nitrogen and oxygen atoms in total. The van der Waals surface area contributed by atoms with Crippen molar-refractivity contribution in [1.82, 2.24) is 4.90 Å². The van der Waals surface area contributed by atoms with Gasteiger partial charge in [0, 0.05) is 11.1 Å². The van der Waals surface area contributed by atoms with Gasteiger partial charge in [0.05, 0.1) is 0 Å². The van der Waals surface area contributed by atoms with E-state index in [0.29, 0.717) is 17.2 Å². The quantitative estimate of drug-likeness (QED) is 0.840. The van der Waals surface area contributed by atoms with Gasteiger partial charge in [-0.15, -0.1) is 0 Å². The molecule has 2 atom stereocenters. The highest BCUT2D eigenvalue weighted by Crippen LogP contribution is 2.19. The SMILES string of the molecule is CCC(C)N(CC(=O)O)C(=O)C(C)Oc1cccc(Cl)c1. The molecule has 1 N–H and O–H groups in total. The Labute approximate surface area is 129 Å². The van der Waals surface area contributed by atoms with Crippen LogP contribution in [0.5, 0.6) is 5.75 Å². The highest BCUT2D eigenvalue weighted by Gasteiger charge is 2.27. The fraction of sp³-hybridized carbons (Fsp3) is 0.467. The summed E-state index contributed by atoms with van der Waals surface area (Å²) in [7, 11) is 0. The van der Waals surface area contributed by atoms with Crippen molar-refractivity contribution in [3.8, 4) is 5.75 Å². The third kappa shape index (κ3) is 5.27. The first-order chi connectivity index (χ1) is 9.85. The predicted molar refractivity (Wildman–Crippen MR) is 80.6 cm³/mol. The Morgan fingerprint density at radius 2 is 2.05 bits per heavy atom. The van der Waals surface area contributed by atoms with Crippen LogP contribution in [-0.2, 0) is 9.59 Å². The standard InChI is InChI=1S/C15H20ClNO4/c1-4-10(2)17(9-14(18)19)15(20)11(3)21-13-7-5-6-12(16)8-13/h5-8,10-11H,4,9H2,1-3H3,(H,18,19). The lowest BCUT2D eigenvalue weighted by atomic mass is 10.2. The predicted octanol–water partition coefficient (Wildman–Crippen LogP) is 2.82. The number of nitrogens with zero attached hydrogens (tertiary/aromatic N) is 1. The second-order valence-corrected chi connectivity index (χ2v) is 5.27. The molecule has 1 amide bonds. The van der Waals surface area contributed by atoms with E-state index in [9.17, 15) is 9.59 Å². The van der Waals surface area contributed by atoms with E-state index in [1.54, 1.807) is 31.2 Å². The molecule has 0 spiro atoms. The van der Waals surface area contributed by atoms with Crippen molar-refractivity contribution in [2.45, 2.75) is 39.3 Å². The minimum absolute atomic E-state index is 0.168. The number of hydrogen-bond donors (Lipinski definition) is 1. The number of carboxylic acid groups (broad SMARTS) is 1. The molecule has 0 fully saturated rings. The number of carbonyl (C=O) groups is 2. The van der Waals surface area contributed by atoms with Gasteiger partial charge < -0.3 is 14.7 Å². The van der Waals surface area contributed by atoms with Gasteiger partial charge >= 0.3 is 5.97 Å². The minimum Gasteiger partial charge on any atom is -0.481 e. The van der Waals surface area contributed by atoms with Crippen LogP contribution in [0.3, 0.4) is 0 Å². The van der Waals surface area contributed by atoms with Gasteiger partial charge in [-0.1, -0.05) is 24.6 Å². The maximum Gasteiger partial charge on any atom is 0.323 e. The molecular formula is C15H20ClNO4. The van der Waals surface area contributed by atoms with Crippen LogP contribution in [0, 0.1) is 0 Å². The highest BCUT2D eigenvalue weighted by molar-refractivity contribution is 6.30. The smallest absolute Gasteiger partial charge is 0.323 e. The molecule has 0 aliphatic rings. The fourth-order valence-electron chi connectivity index (χ4n) is 1.85. The summed E-state index contributed by atoms with van der Waals surface area (Å²) < 4.78 is 5.55. The maximum absolute atomic E-state index is 12.4. The van der Waals surface area contributed by atoms with Crippen molar-refractivity contribution in [2.75, 3.05) is 6.54 Å². The molecular weight excluding hydrogens is 294 g/mol. The van der Waals surface area contributed by atoms with Gasteiger partial charge in [0.25, 0.3) is 5.91 Å². The number of carboxylic acids is 1. The molecule has 21 heavy (non-hydrogen) atoms. The first-order valence-electron chi connectivity index (χ1n) is 6.79. The van der Waals surface area contributed by atoms with E-state index in [1.807, 2.05) is 13.8 Å². The van der Waals surface area contributed by atoms with E-state index < -0.39 is 12.1 Å². The summed E-state index contributed by atoms with van der Waals surface area (Å²) in [5, 5.41) is 9.44. The molecule has 1 rings (SSSR count). The van der Waals surface area contributed by atoms with Crippen LogP contribution in [0.2, 0.25) is 5.02 Å². The molecule has 1 aromatic carbocycles. The molecule has 1 aromatic rings. The monoisotopic (exact) mass is 313 g/mol. The molecule has 6 heteroatoms. The lowest BCUT2D eigenvalue weighted by Gasteiger charge is -2.29. The second kappa shape index (κ2) is 7.88. The van der Waals surface area contributed by atoms with Gasteiger partial charge in [0.15, 0.2) is 6.10 Å². The van der Waals surface area contributed by atoms with Gasteiger partial charge in [0.2, 0.25) is 0 Å². The second-order valence-electron chi connectivity index (χ2n) is 4.83. The highest BCUT2D eigenvalue weighted by atomic mass is 35.5. The summed E-state index contributed by atoms with van der Waals surface area (Å²) in [6, 6.07) is 6.56. The van der Waals surface area contributed by atoms with Crippen LogP contribution in [0.15, 0.2) is 24.3 Å². The minimum atomic E-state index is -1.04. The van der Waals surface area contributed by atoms with E-state index in [0.717, 1.165) is 0 Å².